The van der Waals surface area contributed by atoms with Gasteiger partial charge in [-0.1, -0.05) is 25.0 Å². The van der Waals surface area contributed by atoms with Crippen molar-refractivity contribution in [2.75, 3.05) is 26.2 Å². The number of aromatic nitrogens is 1. The highest BCUT2D eigenvalue weighted by Crippen LogP contribution is 2.38. The molecule has 1 aromatic carbocycles. The number of hydrogen-bond donors (Lipinski definition) is 0. The summed E-state index contributed by atoms with van der Waals surface area (Å²) in [6.45, 7) is 6.51. The summed E-state index contributed by atoms with van der Waals surface area (Å²) in [6.07, 6.45) is 12.4. The standard InChI is InChI=1S/C29H38N2O2/c1-21-5-10-25(20-30-21)28(32)19-23-8-6-22(7-9-23)11-15-31-16-12-24(13-17-31)26-3-2-4-29-27(26)14-18-33-29/h2-5,10,20,22-24H,6-9,11-19H2,1H3. The number of carbonyl (C=O) groups excluding carboxylic acids is 1. The average Bonchev–Trinajstić information content (AvgIpc) is 3.34. The first kappa shape index (κ1) is 22.6. The molecule has 1 saturated heterocycles. The van der Waals surface area contributed by atoms with Gasteiger partial charge in [0.05, 0.1) is 6.61 Å². The highest BCUT2D eigenvalue weighted by Gasteiger charge is 2.27. The van der Waals surface area contributed by atoms with Crippen molar-refractivity contribution in [3.8, 4) is 5.75 Å². The number of hydrogen-bond acceptors (Lipinski definition) is 4. The third kappa shape index (κ3) is 5.48. The van der Waals surface area contributed by atoms with E-state index in [1.54, 1.807) is 11.8 Å². The maximum absolute atomic E-state index is 12.6. The zero-order chi connectivity index (χ0) is 22.6. The minimum Gasteiger partial charge on any atom is -0.493 e. The van der Waals surface area contributed by atoms with Gasteiger partial charge in [-0.05, 0) is 100 Å². The van der Waals surface area contributed by atoms with Crippen molar-refractivity contribution < 1.29 is 9.53 Å². The summed E-state index contributed by atoms with van der Waals surface area (Å²) >= 11 is 0. The summed E-state index contributed by atoms with van der Waals surface area (Å²) in [4.78, 5) is 19.5. The van der Waals surface area contributed by atoms with Crippen LogP contribution in [0, 0.1) is 18.8 Å². The van der Waals surface area contributed by atoms with Gasteiger partial charge >= 0.3 is 0 Å². The molecule has 0 amide bonds. The minimum atomic E-state index is 0.268. The molecule has 1 aromatic heterocycles. The summed E-state index contributed by atoms with van der Waals surface area (Å²) in [6, 6.07) is 10.5. The summed E-state index contributed by atoms with van der Waals surface area (Å²) in [7, 11) is 0. The molecular formula is C29H38N2O2. The molecule has 4 nitrogen and oxygen atoms in total. The number of nitrogens with zero attached hydrogens (tertiary/aromatic N) is 2. The van der Waals surface area contributed by atoms with Gasteiger partial charge in [-0.2, -0.15) is 0 Å². The van der Waals surface area contributed by atoms with Crippen molar-refractivity contribution in [3.05, 3.63) is 58.9 Å². The molecule has 2 aromatic rings. The molecule has 0 radical (unpaired) electrons. The first-order valence-electron chi connectivity index (χ1n) is 13.1. The molecule has 2 aliphatic heterocycles. The van der Waals surface area contributed by atoms with Gasteiger partial charge in [0.15, 0.2) is 5.78 Å². The lowest BCUT2D eigenvalue weighted by atomic mass is 9.78. The Bertz CT molecular complexity index is 939. The van der Waals surface area contributed by atoms with Gasteiger partial charge in [0.25, 0.3) is 0 Å². The molecule has 2 fully saturated rings. The third-order valence-corrected chi connectivity index (χ3v) is 8.33. The summed E-state index contributed by atoms with van der Waals surface area (Å²) in [5.41, 5.74) is 4.78. The Hall–Kier alpha value is -2.20. The van der Waals surface area contributed by atoms with Crippen LogP contribution >= 0.6 is 0 Å². The second-order valence-corrected chi connectivity index (χ2v) is 10.5. The van der Waals surface area contributed by atoms with Crippen molar-refractivity contribution in [3.63, 3.8) is 0 Å². The largest absolute Gasteiger partial charge is 0.493 e. The zero-order valence-electron chi connectivity index (χ0n) is 20.1. The van der Waals surface area contributed by atoms with Crippen LogP contribution in [-0.4, -0.2) is 41.9 Å². The summed E-state index contributed by atoms with van der Waals surface area (Å²) < 4.78 is 5.78. The van der Waals surface area contributed by atoms with Crippen LogP contribution in [0.1, 0.15) is 84.5 Å². The molecule has 0 spiro atoms. The van der Waals surface area contributed by atoms with Gasteiger partial charge < -0.3 is 9.64 Å². The molecule has 176 valence electrons. The number of likely N-dealkylation sites (tertiary alicyclic amines) is 1. The van der Waals surface area contributed by atoms with Crippen LogP contribution in [0.5, 0.6) is 5.75 Å². The molecule has 1 saturated carbocycles. The Morgan fingerprint density at radius 1 is 1.03 bits per heavy atom. The van der Waals surface area contributed by atoms with E-state index >= 15 is 0 Å². The number of ether oxygens (including phenoxy) is 1. The Morgan fingerprint density at radius 2 is 1.82 bits per heavy atom. The molecule has 0 N–H and O–H groups in total. The lowest BCUT2D eigenvalue weighted by molar-refractivity contribution is 0.0939. The maximum atomic E-state index is 12.6. The SMILES string of the molecule is Cc1ccc(C(=O)CC2CCC(CCN3CCC(c4cccc5c4CCO5)CC3)CC2)cn1. The van der Waals surface area contributed by atoms with Gasteiger partial charge in [0.2, 0.25) is 0 Å². The van der Waals surface area contributed by atoms with Crippen LogP contribution in [0.3, 0.4) is 0 Å². The van der Waals surface area contributed by atoms with E-state index in [9.17, 15) is 4.79 Å². The first-order valence-corrected chi connectivity index (χ1v) is 13.1. The molecule has 5 rings (SSSR count). The van der Waals surface area contributed by atoms with E-state index in [-0.39, 0.29) is 5.78 Å². The fourth-order valence-electron chi connectivity index (χ4n) is 6.20. The van der Waals surface area contributed by atoms with Crippen LogP contribution < -0.4 is 4.74 Å². The number of Topliss-reactive ketones (excluding diaryl/α,β-unsaturated/α-hetero) is 1. The average molecular weight is 447 g/mol. The molecule has 3 aliphatic rings. The molecule has 0 bridgehead atoms. The molecule has 3 heterocycles. The molecule has 33 heavy (non-hydrogen) atoms. The Kier molecular flexibility index (Phi) is 7.10. The molecule has 0 unspecified atom stereocenters. The fraction of sp³-hybridized carbons (Fsp3) is 0.586. The minimum absolute atomic E-state index is 0.268. The van der Waals surface area contributed by atoms with Gasteiger partial charge in [0, 0.05) is 35.9 Å². The summed E-state index contributed by atoms with van der Waals surface area (Å²) in [5, 5.41) is 0. The van der Waals surface area contributed by atoms with Gasteiger partial charge in [0.1, 0.15) is 5.75 Å². The van der Waals surface area contributed by atoms with Gasteiger partial charge in [-0.15, -0.1) is 0 Å². The van der Waals surface area contributed by atoms with Gasteiger partial charge in [-0.25, -0.2) is 0 Å². The zero-order valence-corrected chi connectivity index (χ0v) is 20.1. The quantitative estimate of drug-likeness (QED) is 0.491. The van der Waals surface area contributed by atoms with E-state index in [1.807, 2.05) is 19.1 Å². The van der Waals surface area contributed by atoms with Gasteiger partial charge in [-0.3, -0.25) is 9.78 Å². The van der Waals surface area contributed by atoms with Crippen molar-refractivity contribution >= 4 is 5.78 Å². The number of ketones is 1. The lowest BCUT2D eigenvalue weighted by Gasteiger charge is -2.35. The van der Waals surface area contributed by atoms with Crippen molar-refractivity contribution in [1.29, 1.82) is 0 Å². The number of fused-ring (bicyclic) bond motifs is 1. The van der Waals surface area contributed by atoms with Crippen LogP contribution in [0.25, 0.3) is 0 Å². The normalized spacial score (nSPS) is 23.8. The van der Waals surface area contributed by atoms with Crippen LogP contribution in [0.4, 0.5) is 0 Å². The van der Waals surface area contributed by atoms with E-state index in [0.717, 1.165) is 36.0 Å². The predicted octanol–water partition coefficient (Wildman–Crippen LogP) is 5.97. The van der Waals surface area contributed by atoms with E-state index in [4.69, 9.17) is 4.74 Å². The summed E-state index contributed by atoms with van der Waals surface area (Å²) in [5.74, 6) is 3.49. The van der Waals surface area contributed by atoms with E-state index in [0.29, 0.717) is 18.3 Å². The number of rotatable bonds is 7. The van der Waals surface area contributed by atoms with E-state index in [1.165, 1.54) is 70.1 Å². The van der Waals surface area contributed by atoms with Crippen LogP contribution in [0.2, 0.25) is 0 Å². The predicted molar refractivity (Wildman–Crippen MR) is 132 cm³/mol. The third-order valence-electron chi connectivity index (χ3n) is 8.33. The van der Waals surface area contributed by atoms with Crippen molar-refractivity contribution in [1.82, 2.24) is 9.88 Å². The fourth-order valence-corrected chi connectivity index (χ4v) is 6.20. The number of benzene rings is 1. The molecule has 4 heteroatoms. The lowest BCUT2D eigenvalue weighted by Crippen LogP contribution is -2.35. The van der Waals surface area contributed by atoms with E-state index in [2.05, 4.69) is 28.1 Å². The number of aryl methyl sites for hydroxylation is 1. The Labute approximate surface area is 198 Å². The number of carbonyl (C=O) groups is 1. The Balaban J connectivity index is 1.02. The second kappa shape index (κ2) is 10.4. The van der Waals surface area contributed by atoms with Crippen LogP contribution in [-0.2, 0) is 6.42 Å². The van der Waals surface area contributed by atoms with Crippen molar-refractivity contribution in [2.45, 2.75) is 70.6 Å². The number of pyridine rings is 1. The highest BCUT2D eigenvalue weighted by molar-refractivity contribution is 5.95. The topological polar surface area (TPSA) is 42.4 Å². The van der Waals surface area contributed by atoms with Crippen LogP contribution in [0.15, 0.2) is 36.5 Å². The second-order valence-electron chi connectivity index (χ2n) is 10.5. The Morgan fingerprint density at radius 3 is 2.58 bits per heavy atom. The smallest absolute Gasteiger partial charge is 0.164 e. The van der Waals surface area contributed by atoms with E-state index < -0.39 is 0 Å². The van der Waals surface area contributed by atoms with Crippen molar-refractivity contribution in [2.24, 2.45) is 11.8 Å². The molecule has 1 aliphatic carbocycles. The first-order chi connectivity index (χ1) is 16.2. The number of piperidine rings is 1. The molecule has 0 atom stereocenters. The maximum Gasteiger partial charge on any atom is 0.164 e. The molecular weight excluding hydrogens is 408 g/mol. The highest BCUT2D eigenvalue weighted by atomic mass is 16.5. The monoisotopic (exact) mass is 446 g/mol.